The maximum Gasteiger partial charge on any atom is 0.411 e. The van der Waals surface area contributed by atoms with E-state index in [1.807, 2.05) is 0 Å². The molecule has 3 aliphatic heterocycles. The van der Waals surface area contributed by atoms with Crippen LogP contribution < -0.4 is 13.8 Å². The van der Waals surface area contributed by atoms with E-state index in [9.17, 15) is 23.3 Å². The molecule has 48 heavy (non-hydrogen) atoms. The van der Waals surface area contributed by atoms with Gasteiger partial charge in [-0.3, -0.25) is 9.69 Å². The van der Waals surface area contributed by atoms with Crippen molar-refractivity contribution in [1.82, 2.24) is 14.7 Å². The van der Waals surface area contributed by atoms with Gasteiger partial charge in [-0.15, -0.1) is 0 Å². The topological polar surface area (TPSA) is 133 Å². The third-order valence-electron chi connectivity index (χ3n) is 9.39. The highest BCUT2D eigenvalue weighted by atomic mass is 32.2. The molecule has 2 amide bonds. The first-order chi connectivity index (χ1) is 23.1. The summed E-state index contributed by atoms with van der Waals surface area (Å²) >= 11 is 0. The van der Waals surface area contributed by atoms with Crippen LogP contribution in [0.5, 0.6) is 11.5 Å². The quantitative estimate of drug-likeness (QED) is 0.348. The molecule has 1 unspecified atom stereocenters. The number of ether oxygens (including phenoxy) is 3. The van der Waals surface area contributed by atoms with E-state index in [0.29, 0.717) is 29.2 Å². The van der Waals surface area contributed by atoms with Crippen LogP contribution in [0.15, 0.2) is 71.6 Å². The third-order valence-corrected chi connectivity index (χ3v) is 11.1. The van der Waals surface area contributed by atoms with E-state index in [1.54, 1.807) is 36.1 Å². The molecule has 0 radical (unpaired) electrons. The Hall–Kier alpha value is -4.64. The van der Waals surface area contributed by atoms with Crippen LogP contribution in [0.1, 0.15) is 36.5 Å². The number of carbonyl (C=O) groups excluding carboxylic acids is 2. The lowest BCUT2D eigenvalue weighted by Gasteiger charge is -2.42. The van der Waals surface area contributed by atoms with Crippen molar-refractivity contribution in [3.63, 3.8) is 0 Å². The summed E-state index contributed by atoms with van der Waals surface area (Å²) in [7, 11) is -0.969. The van der Waals surface area contributed by atoms with Gasteiger partial charge in [-0.1, -0.05) is 18.2 Å². The van der Waals surface area contributed by atoms with Gasteiger partial charge in [-0.05, 0) is 75.3 Å². The number of benzene rings is 3. The number of anilines is 1. The molecule has 0 bridgehead atoms. The molecule has 13 heteroatoms. The molecule has 12 nitrogen and oxygen atoms in total. The predicted octanol–water partition coefficient (Wildman–Crippen LogP) is 3.79. The molecule has 3 heterocycles. The molecular formula is C35H39N5O7S. The average Bonchev–Trinajstić information content (AvgIpc) is 3.36. The Bertz CT molecular complexity index is 1830. The van der Waals surface area contributed by atoms with Crippen LogP contribution in [0.25, 0.3) is 0 Å². The lowest BCUT2D eigenvalue weighted by atomic mass is 9.85. The molecule has 0 saturated carbocycles. The Morgan fingerprint density at radius 3 is 2.29 bits per heavy atom. The number of carbonyl (C=O) groups is 2. The minimum Gasteiger partial charge on any atom is -0.497 e. The van der Waals surface area contributed by atoms with Crippen molar-refractivity contribution in [1.29, 1.82) is 5.26 Å². The van der Waals surface area contributed by atoms with Crippen molar-refractivity contribution < 1.29 is 32.2 Å². The van der Waals surface area contributed by atoms with Crippen molar-refractivity contribution in [2.24, 2.45) is 0 Å². The Labute approximate surface area is 281 Å². The number of piperidine rings is 1. The average molecular weight is 674 g/mol. The van der Waals surface area contributed by atoms with Crippen LogP contribution in [-0.2, 0) is 25.2 Å². The number of hydrogen-bond donors (Lipinski definition) is 0. The molecule has 3 aliphatic rings. The number of sulfonamides is 1. The number of likely N-dealkylation sites (N-methyl/N-ethyl adjacent to an activating group) is 1. The summed E-state index contributed by atoms with van der Waals surface area (Å²) in [4.78, 5) is 35.3. The van der Waals surface area contributed by atoms with Crippen LogP contribution in [0.3, 0.4) is 0 Å². The number of fused-ring (bicyclic) bond motifs is 1. The van der Waals surface area contributed by atoms with Gasteiger partial charge in [0.25, 0.3) is 15.9 Å². The second-order valence-electron chi connectivity index (χ2n) is 12.1. The molecular weight excluding hydrogens is 634 g/mol. The fourth-order valence-electron chi connectivity index (χ4n) is 6.77. The molecule has 0 N–H and O–H groups in total. The van der Waals surface area contributed by atoms with Gasteiger partial charge in [0.05, 0.1) is 41.5 Å². The maximum atomic E-state index is 15.0. The zero-order chi connectivity index (χ0) is 34.1. The fraction of sp³-hybridized carbons (Fsp3) is 0.400. The largest absolute Gasteiger partial charge is 0.497 e. The number of nitriles is 1. The van der Waals surface area contributed by atoms with Crippen molar-refractivity contribution in [3.8, 4) is 17.6 Å². The first-order valence-corrected chi connectivity index (χ1v) is 17.5. The van der Waals surface area contributed by atoms with E-state index in [4.69, 9.17) is 14.2 Å². The molecule has 6 rings (SSSR count). The summed E-state index contributed by atoms with van der Waals surface area (Å²) in [6, 6.07) is 18.9. The number of rotatable bonds is 8. The van der Waals surface area contributed by atoms with E-state index in [1.165, 1.54) is 49.6 Å². The number of amides is 2. The molecule has 252 valence electrons. The lowest BCUT2D eigenvalue weighted by Crippen LogP contribution is -2.54. The van der Waals surface area contributed by atoms with E-state index in [2.05, 4.69) is 22.9 Å². The van der Waals surface area contributed by atoms with Crippen molar-refractivity contribution >= 4 is 27.7 Å². The van der Waals surface area contributed by atoms with E-state index in [0.717, 1.165) is 39.0 Å². The molecule has 2 saturated heterocycles. The molecule has 0 spiro atoms. The zero-order valence-corrected chi connectivity index (χ0v) is 28.1. The van der Waals surface area contributed by atoms with Crippen LogP contribution in [0.4, 0.5) is 10.5 Å². The lowest BCUT2D eigenvalue weighted by molar-refractivity contribution is -0.132. The van der Waals surface area contributed by atoms with Gasteiger partial charge in [-0.2, -0.15) is 9.57 Å². The fourth-order valence-corrected chi connectivity index (χ4v) is 8.23. The second-order valence-corrected chi connectivity index (χ2v) is 13.9. The highest BCUT2D eigenvalue weighted by molar-refractivity contribution is 7.93. The van der Waals surface area contributed by atoms with Crippen LogP contribution in [0, 0.1) is 11.3 Å². The monoisotopic (exact) mass is 673 g/mol. The molecule has 3 aromatic carbocycles. The van der Waals surface area contributed by atoms with Crippen LogP contribution in [-0.4, -0.2) is 101 Å². The summed E-state index contributed by atoms with van der Waals surface area (Å²) in [6.45, 7) is 6.74. The summed E-state index contributed by atoms with van der Waals surface area (Å²) in [5.41, 5.74) is -1.94. The number of methoxy groups -OCH3 is 1. The summed E-state index contributed by atoms with van der Waals surface area (Å²) in [6.07, 6.45) is 0.716. The van der Waals surface area contributed by atoms with Gasteiger partial charge in [0.1, 0.15) is 11.5 Å². The van der Waals surface area contributed by atoms with Crippen molar-refractivity contribution in [2.75, 3.05) is 64.3 Å². The minimum atomic E-state index is -4.54. The van der Waals surface area contributed by atoms with Crippen molar-refractivity contribution in [3.05, 3.63) is 83.4 Å². The Balaban J connectivity index is 1.43. The second kappa shape index (κ2) is 13.5. The molecule has 0 aliphatic carbocycles. The predicted molar refractivity (Wildman–Crippen MR) is 177 cm³/mol. The number of piperazine rings is 1. The first-order valence-electron chi connectivity index (χ1n) is 16.0. The Morgan fingerprint density at radius 2 is 1.65 bits per heavy atom. The SMILES string of the molecule is CCOc1ccccc1C1(OC(=O)N2CCC(N3CCN(C)CC3)CC2)C(=O)N(S(=O)(=O)c2ccc(OC)cc2)c2ccc(C#N)cc21. The van der Waals surface area contributed by atoms with Gasteiger partial charge in [0.2, 0.25) is 5.60 Å². The van der Waals surface area contributed by atoms with Gasteiger partial charge >= 0.3 is 6.09 Å². The summed E-state index contributed by atoms with van der Waals surface area (Å²) in [5.74, 6) is -0.339. The van der Waals surface area contributed by atoms with Crippen LogP contribution in [0.2, 0.25) is 0 Å². The van der Waals surface area contributed by atoms with Gasteiger partial charge < -0.3 is 24.0 Å². The number of likely N-dealkylation sites (tertiary alicyclic amines) is 1. The molecule has 2 fully saturated rings. The smallest absolute Gasteiger partial charge is 0.411 e. The number of nitrogens with zero attached hydrogens (tertiary/aromatic N) is 5. The molecule has 3 aromatic rings. The zero-order valence-electron chi connectivity index (χ0n) is 27.3. The number of para-hydroxylation sites is 1. The Morgan fingerprint density at radius 1 is 0.958 bits per heavy atom. The van der Waals surface area contributed by atoms with E-state index in [-0.39, 0.29) is 39.6 Å². The minimum absolute atomic E-state index is 0.0253. The maximum absolute atomic E-state index is 15.0. The normalized spacial score (nSPS) is 20.7. The van der Waals surface area contributed by atoms with Crippen LogP contribution >= 0.6 is 0 Å². The van der Waals surface area contributed by atoms with Gasteiger partial charge in [-0.25, -0.2) is 13.2 Å². The summed E-state index contributed by atoms with van der Waals surface area (Å²) in [5, 5.41) is 9.87. The Kier molecular flexibility index (Phi) is 9.33. The molecule has 0 aromatic heterocycles. The van der Waals surface area contributed by atoms with E-state index >= 15 is 0 Å². The molecule has 1 atom stereocenters. The highest BCUT2D eigenvalue weighted by Crippen LogP contribution is 2.52. The highest BCUT2D eigenvalue weighted by Gasteiger charge is 2.61. The first kappa shape index (κ1) is 33.3. The standard InChI is InChI=1S/C35H39N5O7S/c1-4-46-32-8-6-5-7-29(32)35(47-34(42)39-17-15-26(16-18-39)38-21-19-37(2)20-22-38)30-23-25(24-36)9-14-31(30)40(33(35)41)48(43,44)28-12-10-27(45-3)11-13-28/h5-14,23,26H,4,15-22H2,1-3H3. The van der Waals surface area contributed by atoms with Gasteiger partial charge in [0, 0.05) is 50.9 Å². The summed E-state index contributed by atoms with van der Waals surface area (Å²) < 4.78 is 46.7. The van der Waals surface area contributed by atoms with E-state index < -0.39 is 27.6 Å². The van der Waals surface area contributed by atoms with Gasteiger partial charge in [0.15, 0.2) is 0 Å². The van der Waals surface area contributed by atoms with Crippen molar-refractivity contribution in [2.45, 2.75) is 36.3 Å². The third kappa shape index (κ3) is 5.85. The number of hydrogen-bond acceptors (Lipinski definition) is 10.